The van der Waals surface area contributed by atoms with Crippen LogP contribution < -0.4 is 0 Å². The van der Waals surface area contributed by atoms with Crippen molar-refractivity contribution in [1.29, 1.82) is 0 Å². The molecule has 0 aliphatic rings. The molecule has 3 aromatic heterocycles. The lowest BCUT2D eigenvalue weighted by molar-refractivity contribution is 0.465. The first-order valence-electron chi connectivity index (χ1n) is 6.99. The van der Waals surface area contributed by atoms with Gasteiger partial charge in [0.05, 0.1) is 22.1 Å². The van der Waals surface area contributed by atoms with E-state index >= 15 is 0 Å². The average Bonchev–Trinajstić information content (AvgIpc) is 3.19. The van der Waals surface area contributed by atoms with Crippen molar-refractivity contribution in [2.45, 2.75) is 25.5 Å². The van der Waals surface area contributed by atoms with Gasteiger partial charge in [0.25, 0.3) is 0 Å². The summed E-state index contributed by atoms with van der Waals surface area (Å²) in [5, 5.41) is 12.2. The Labute approximate surface area is 142 Å². The Kier molecular flexibility index (Phi) is 4.88. The van der Waals surface area contributed by atoms with Crippen molar-refractivity contribution in [1.82, 2.24) is 15.2 Å². The molecule has 6 nitrogen and oxygen atoms in total. The number of hydrogen-bond donors (Lipinski definition) is 0. The van der Waals surface area contributed by atoms with Gasteiger partial charge in [-0.2, -0.15) is 0 Å². The predicted octanol–water partition coefficient (Wildman–Crippen LogP) is 3.11. The fraction of sp³-hybridized carbons (Fsp3) is 0.357. The fourth-order valence-electron chi connectivity index (χ4n) is 2.07. The Balaban J connectivity index is 1.56. The molecule has 0 saturated heterocycles. The van der Waals surface area contributed by atoms with E-state index in [9.17, 15) is 8.42 Å². The number of sulfone groups is 1. The molecule has 0 amide bonds. The summed E-state index contributed by atoms with van der Waals surface area (Å²) in [6.07, 6.45) is 0.934. The van der Waals surface area contributed by atoms with E-state index in [1.165, 1.54) is 11.3 Å². The molecule has 0 atom stereocenters. The molecule has 0 aliphatic carbocycles. The standard InChI is InChI=1S/C14H15N3O3S3/c1-10-16-17-13(20-10)5-3-7-23(18,19)9-11-8-22-14(15-11)12-4-2-6-21-12/h2,4,6,8H,3,5,7,9H2,1H3. The zero-order valence-corrected chi connectivity index (χ0v) is 14.9. The van der Waals surface area contributed by atoms with Crippen LogP contribution in [0.15, 0.2) is 27.3 Å². The van der Waals surface area contributed by atoms with Gasteiger partial charge >= 0.3 is 0 Å². The van der Waals surface area contributed by atoms with Gasteiger partial charge in [-0.25, -0.2) is 13.4 Å². The molecule has 0 unspecified atom stereocenters. The largest absolute Gasteiger partial charge is 0.426 e. The van der Waals surface area contributed by atoms with Crippen LogP contribution in [0.3, 0.4) is 0 Å². The minimum atomic E-state index is -3.20. The van der Waals surface area contributed by atoms with Crippen LogP contribution in [0.5, 0.6) is 0 Å². The van der Waals surface area contributed by atoms with Crippen molar-refractivity contribution >= 4 is 32.5 Å². The second-order valence-corrected chi connectivity index (χ2v) is 9.02. The fourth-order valence-corrected chi connectivity index (χ4v) is 5.13. The van der Waals surface area contributed by atoms with E-state index < -0.39 is 9.84 Å². The highest BCUT2D eigenvalue weighted by molar-refractivity contribution is 7.90. The molecule has 0 fully saturated rings. The molecule has 3 heterocycles. The van der Waals surface area contributed by atoms with Gasteiger partial charge in [0.15, 0.2) is 9.84 Å². The van der Waals surface area contributed by atoms with Crippen molar-refractivity contribution in [2.75, 3.05) is 5.75 Å². The van der Waals surface area contributed by atoms with Crippen LogP contribution in [0.4, 0.5) is 0 Å². The highest BCUT2D eigenvalue weighted by Gasteiger charge is 2.16. The monoisotopic (exact) mass is 369 g/mol. The van der Waals surface area contributed by atoms with Crippen molar-refractivity contribution in [3.63, 3.8) is 0 Å². The van der Waals surface area contributed by atoms with Crippen molar-refractivity contribution in [2.24, 2.45) is 0 Å². The lowest BCUT2D eigenvalue weighted by atomic mass is 10.3. The number of thiazole rings is 1. The molecule has 122 valence electrons. The van der Waals surface area contributed by atoms with Crippen LogP contribution in [-0.4, -0.2) is 29.4 Å². The molecule has 0 saturated carbocycles. The van der Waals surface area contributed by atoms with Gasteiger partial charge in [0, 0.05) is 18.7 Å². The molecule has 3 rings (SSSR count). The third-order valence-electron chi connectivity index (χ3n) is 3.07. The summed E-state index contributed by atoms with van der Waals surface area (Å²) in [5.41, 5.74) is 0.604. The summed E-state index contributed by atoms with van der Waals surface area (Å²) >= 11 is 3.07. The summed E-state index contributed by atoms with van der Waals surface area (Å²) in [6.45, 7) is 1.71. The van der Waals surface area contributed by atoms with Gasteiger partial charge in [0.2, 0.25) is 11.8 Å². The lowest BCUT2D eigenvalue weighted by Gasteiger charge is -2.01. The number of nitrogens with zero attached hydrogens (tertiary/aromatic N) is 3. The summed E-state index contributed by atoms with van der Waals surface area (Å²) < 4.78 is 29.6. The normalized spacial score (nSPS) is 11.9. The van der Waals surface area contributed by atoms with Gasteiger partial charge in [-0.3, -0.25) is 0 Å². The van der Waals surface area contributed by atoms with E-state index in [2.05, 4.69) is 15.2 Å². The first-order chi connectivity index (χ1) is 11.0. The zero-order chi connectivity index (χ0) is 16.3. The van der Waals surface area contributed by atoms with Crippen molar-refractivity contribution < 1.29 is 12.8 Å². The quantitative estimate of drug-likeness (QED) is 0.636. The van der Waals surface area contributed by atoms with E-state index in [0.717, 1.165) is 9.88 Å². The molecule has 0 spiro atoms. The van der Waals surface area contributed by atoms with Gasteiger partial charge in [-0.15, -0.1) is 32.9 Å². The van der Waals surface area contributed by atoms with Crippen LogP contribution in [0, 0.1) is 6.92 Å². The van der Waals surface area contributed by atoms with E-state index in [1.807, 2.05) is 22.9 Å². The maximum atomic E-state index is 12.2. The molecule has 0 aromatic carbocycles. The van der Waals surface area contributed by atoms with Crippen LogP contribution in [0.25, 0.3) is 9.88 Å². The van der Waals surface area contributed by atoms with E-state index in [1.54, 1.807) is 18.3 Å². The summed E-state index contributed by atoms with van der Waals surface area (Å²) in [6, 6.07) is 3.94. The van der Waals surface area contributed by atoms with Crippen LogP contribution in [0.2, 0.25) is 0 Å². The Hall–Kier alpha value is -1.58. The molecular weight excluding hydrogens is 354 g/mol. The molecule has 9 heteroatoms. The van der Waals surface area contributed by atoms with Crippen LogP contribution in [0.1, 0.15) is 23.9 Å². The van der Waals surface area contributed by atoms with Gasteiger partial charge in [-0.1, -0.05) is 6.07 Å². The van der Waals surface area contributed by atoms with E-state index in [4.69, 9.17) is 4.42 Å². The topological polar surface area (TPSA) is 86.0 Å². The minimum Gasteiger partial charge on any atom is -0.426 e. The molecule has 0 aliphatic heterocycles. The number of aryl methyl sites for hydroxylation is 2. The number of aromatic nitrogens is 3. The number of thiophene rings is 1. The molecule has 0 radical (unpaired) electrons. The summed E-state index contributed by atoms with van der Waals surface area (Å²) in [7, 11) is -3.20. The Morgan fingerprint density at radius 1 is 1.26 bits per heavy atom. The first-order valence-corrected chi connectivity index (χ1v) is 10.6. The number of hydrogen-bond acceptors (Lipinski definition) is 8. The second kappa shape index (κ2) is 6.90. The number of rotatable bonds is 7. The van der Waals surface area contributed by atoms with Crippen LogP contribution in [-0.2, 0) is 22.0 Å². The zero-order valence-electron chi connectivity index (χ0n) is 12.4. The molecule has 0 N–H and O–H groups in total. The lowest BCUT2D eigenvalue weighted by Crippen LogP contribution is -2.10. The van der Waals surface area contributed by atoms with E-state index in [0.29, 0.717) is 30.3 Å². The summed E-state index contributed by atoms with van der Waals surface area (Å²) in [5.74, 6) is 1.02. The SMILES string of the molecule is Cc1nnc(CCCS(=O)(=O)Cc2csc(-c3cccs3)n2)o1. The Morgan fingerprint density at radius 2 is 2.13 bits per heavy atom. The average molecular weight is 369 g/mol. The minimum absolute atomic E-state index is 0.0300. The Morgan fingerprint density at radius 3 is 2.83 bits per heavy atom. The van der Waals surface area contributed by atoms with E-state index in [-0.39, 0.29) is 11.5 Å². The third kappa shape index (κ3) is 4.46. The highest BCUT2D eigenvalue weighted by Crippen LogP contribution is 2.28. The second-order valence-electron chi connectivity index (χ2n) is 5.03. The first kappa shape index (κ1) is 16.3. The smallest absolute Gasteiger partial charge is 0.216 e. The maximum Gasteiger partial charge on any atom is 0.216 e. The molecule has 23 heavy (non-hydrogen) atoms. The molecule has 0 bridgehead atoms. The van der Waals surface area contributed by atoms with Gasteiger partial charge in [-0.05, 0) is 17.9 Å². The third-order valence-corrected chi connectivity index (χ3v) is 6.64. The highest BCUT2D eigenvalue weighted by atomic mass is 32.2. The van der Waals surface area contributed by atoms with Crippen molar-refractivity contribution in [3.05, 3.63) is 40.4 Å². The van der Waals surface area contributed by atoms with Crippen LogP contribution >= 0.6 is 22.7 Å². The maximum absolute atomic E-state index is 12.2. The van der Waals surface area contributed by atoms with Gasteiger partial charge < -0.3 is 4.42 Å². The van der Waals surface area contributed by atoms with Crippen molar-refractivity contribution in [3.8, 4) is 9.88 Å². The molecular formula is C14H15N3O3S3. The van der Waals surface area contributed by atoms with Gasteiger partial charge in [0.1, 0.15) is 5.01 Å². The summed E-state index contributed by atoms with van der Waals surface area (Å²) in [4.78, 5) is 5.48. The molecule has 3 aromatic rings. The Bertz CT molecular complexity index is 866. The predicted molar refractivity (Wildman–Crippen MR) is 90.3 cm³/mol.